The Morgan fingerprint density at radius 3 is 2.60 bits per heavy atom. The van der Waals surface area contributed by atoms with Gasteiger partial charge in [-0.15, -0.1) is 0 Å². The van der Waals surface area contributed by atoms with Crippen molar-refractivity contribution in [3.05, 3.63) is 71.4 Å². The number of nitrogens with one attached hydrogen (secondary N) is 1. The Bertz CT molecular complexity index is 837. The van der Waals surface area contributed by atoms with Crippen LogP contribution >= 0.6 is 0 Å². The van der Waals surface area contributed by atoms with Gasteiger partial charge in [0.15, 0.2) is 0 Å². The van der Waals surface area contributed by atoms with Crippen molar-refractivity contribution in [1.82, 2.24) is 14.8 Å². The van der Waals surface area contributed by atoms with E-state index in [1.165, 1.54) is 27.7 Å². The third-order valence-electron chi connectivity index (χ3n) is 5.55. The summed E-state index contributed by atoms with van der Waals surface area (Å²) in [6.45, 7) is 6.70. The Kier molecular flexibility index (Phi) is 4.60. The van der Waals surface area contributed by atoms with E-state index in [-0.39, 0.29) is 0 Å². The molecule has 3 nitrogen and oxygen atoms in total. The van der Waals surface area contributed by atoms with Crippen molar-refractivity contribution >= 4 is 10.9 Å². The van der Waals surface area contributed by atoms with E-state index in [0.717, 1.165) is 32.6 Å². The van der Waals surface area contributed by atoms with Gasteiger partial charge in [-0.1, -0.05) is 48.5 Å². The number of fused-ring (bicyclic) bond motifs is 1. The van der Waals surface area contributed by atoms with Gasteiger partial charge in [0, 0.05) is 48.8 Å². The maximum Gasteiger partial charge on any atom is 0.0475 e. The second-order valence-electron chi connectivity index (χ2n) is 7.25. The number of H-pyrrole nitrogens is 1. The molecule has 1 atom stereocenters. The van der Waals surface area contributed by atoms with E-state index in [1.807, 2.05) is 0 Å². The Balaban J connectivity index is 1.55. The summed E-state index contributed by atoms with van der Waals surface area (Å²) in [5, 5.41) is 1.38. The molecule has 1 saturated heterocycles. The lowest BCUT2D eigenvalue weighted by Gasteiger charge is -2.40. The first-order valence-corrected chi connectivity index (χ1v) is 9.26. The molecule has 1 N–H and O–H groups in total. The third-order valence-corrected chi connectivity index (χ3v) is 5.55. The highest BCUT2D eigenvalue weighted by atomic mass is 15.3. The summed E-state index contributed by atoms with van der Waals surface area (Å²) in [5.41, 5.74) is 5.48. The Morgan fingerprint density at radius 1 is 1.00 bits per heavy atom. The fourth-order valence-electron chi connectivity index (χ4n) is 4.13. The average Bonchev–Trinajstić information content (AvgIpc) is 2.96. The Hall–Kier alpha value is -2.10. The minimum atomic E-state index is 0.491. The van der Waals surface area contributed by atoms with Gasteiger partial charge in [-0.05, 0) is 37.6 Å². The number of likely N-dealkylation sites (N-methyl/N-ethyl adjacent to an activating group) is 1. The summed E-state index contributed by atoms with van der Waals surface area (Å²) in [6.07, 6.45) is 1.10. The Labute approximate surface area is 150 Å². The highest BCUT2D eigenvalue weighted by Gasteiger charge is 2.26. The smallest absolute Gasteiger partial charge is 0.0475 e. The van der Waals surface area contributed by atoms with Crippen molar-refractivity contribution in [3.63, 3.8) is 0 Å². The predicted octanol–water partition coefficient (Wildman–Crippen LogP) is 4.01. The van der Waals surface area contributed by atoms with Gasteiger partial charge in [-0.25, -0.2) is 0 Å². The molecule has 0 saturated carbocycles. The molecular formula is C22H27N3. The van der Waals surface area contributed by atoms with Crippen LogP contribution in [0.5, 0.6) is 0 Å². The van der Waals surface area contributed by atoms with Crippen molar-refractivity contribution in [2.45, 2.75) is 19.4 Å². The van der Waals surface area contributed by atoms with Crippen LogP contribution < -0.4 is 0 Å². The quantitative estimate of drug-likeness (QED) is 0.779. The topological polar surface area (TPSA) is 22.3 Å². The zero-order valence-electron chi connectivity index (χ0n) is 15.2. The van der Waals surface area contributed by atoms with Gasteiger partial charge in [0.2, 0.25) is 0 Å². The second kappa shape index (κ2) is 7.03. The van der Waals surface area contributed by atoms with Gasteiger partial charge >= 0.3 is 0 Å². The molecule has 0 spiro atoms. The molecular weight excluding hydrogens is 306 g/mol. The summed E-state index contributed by atoms with van der Waals surface area (Å²) in [5.74, 6) is 0. The van der Waals surface area contributed by atoms with Crippen LogP contribution in [0.2, 0.25) is 0 Å². The van der Waals surface area contributed by atoms with E-state index >= 15 is 0 Å². The number of aryl methyl sites for hydroxylation is 1. The number of hydrogen-bond acceptors (Lipinski definition) is 2. The number of aromatic amines is 1. The van der Waals surface area contributed by atoms with Gasteiger partial charge in [-0.3, -0.25) is 4.90 Å². The average molecular weight is 333 g/mol. The van der Waals surface area contributed by atoms with E-state index < -0.39 is 0 Å². The first kappa shape index (κ1) is 16.4. The van der Waals surface area contributed by atoms with Crippen LogP contribution in [0.3, 0.4) is 0 Å². The second-order valence-corrected chi connectivity index (χ2v) is 7.25. The summed E-state index contributed by atoms with van der Waals surface area (Å²) in [4.78, 5) is 8.65. The monoisotopic (exact) mass is 333 g/mol. The van der Waals surface area contributed by atoms with Crippen LogP contribution in [0.1, 0.15) is 22.9 Å². The third kappa shape index (κ3) is 3.35. The molecule has 0 bridgehead atoms. The molecule has 1 aliphatic heterocycles. The number of rotatable bonds is 4. The largest absolute Gasteiger partial charge is 0.358 e. The van der Waals surface area contributed by atoms with Crippen molar-refractivity contribution in [3.8, 4) is 0 Å². The molecule has 3 heteroatoms. The summed E-state index contributed by atoms with van der Waals surface area (Å²) < 4.78 is 0. The first-order chi connectivity index (χ1) is 12.2. The summed E-state index contributed by atoms with van der Waals surface area (Å²) >= 11 is 0. The van der Waals surface area contributed by atoms with E-state index in [9.17, 15) is 0 Å². The highest BCUT2D eigenvalue weighted by molar-refractivity contribution is 5.84. The molecule has 0 radical (unpaired) electrons. The van der Waals surface area contributed by atoms with Crippen molar-refractivity contribution < 1.29 is 0 Å². The Morgan fingerprint density at radius 2 is 1.76 bits per heavy atom. The van der Waals surface area contributed by atoms with Crippen molar-refractivity contribution in [2.24, 2.45) is 0 Å². The van der Waals surface area contributed by atoms with Gasteiger partial charge in [0.1, 0.15) is 0 Å². The molecule has 2 aromatic carbocycles. The van der Waals surface area contributed by atoms with Crippen LogP contribution in [0.15, 0.2) is 54.6 Å². The van der Waals surface area contributed by atoms with Gasteiger partial charge < -0.3 is 9.88 Å². The fourth-order valence-corrected chi connectivity index (χ4v) is 4.13. The SMILES string of the molecule is Cc1[nH]c2ccccc2c1CCN1CCN(C)CC1c1ccccc1. The molecule has 0 aliphatic carbocycles. The van der Waals surface area contributed by atoms with Crippen LogP contribution in [0.25, 0.3) is 10.9 Å². The van der Waals surface area contributed by atoms with Crippen LogP contribution in [0, 0.1) is 6.92 Å². The van der Waals surface area contributed by atoms with Gasteiger partial charge in [-0.2, -0.15) is 0 Å². The number of benzene rings is 2. The standard InChI is InChI=1S/C22H27N3/c1-17-19(20-10-6-7-11-21(20)23-17)12-13-25-15-14-24(2)16-22(25)18-8-4-3-5-9-18/h3-11,22-23H,12-16H2,1-2H3. The van der Waals surface area contributed by atoms with Gasteiger partial charge in [0.05, 0.1) is 0 Å². The minimum Gasteiger partial charge on any atom is -0.358 e. The van der Waals surface area contributed by atoms with E-state index in [1.54, 1.807) is 0 Å². The van der Waals surface area contributed by atoms with E-state index in [2.05, 4.69) is 83.4 Å². The minimum absolute atomic E-state index is 0.491. The maximum atomic E-state index is 3.54. The number of para-hydroxylation sites is 1. The summed E-state index contributed by atoms with van der Waals surface area (Å²) in [7, 11) is 2.23. The maximum absolute atomic E-state index is 3.54. The molecule has 3 aromatic rings. The molecule has 1 aromatic heterocycles. The summed E-state index contributed by atoms with van der Waals surface area (Å²) in [6, 6.07) is 20.1. The number of piperazine rings is 1. The molecule has 1 fully saturated rings. The first-order valence-electron chi connectivity index (χ1n) is 9.26. The molecule has 4 rings (SSSR count). The molecule has 130 valence electrons. The lowest BCUT2D eigenvalue weighted by Crippen LogP contribution is -2.47. The lowest BCUT2D eigenvalue weighted by molar-refractivity contribution is 0.0910. The number of aromatic nitrogens is 1. The predicted molar refractivity (Wildman–Crippen MR) is 105 cm³/mol. The van der Waals surface area contributed by atoms with Crippen LogP contribution in [0.4, 0.5) is 0 Å². The van der Waals surface area contributed by atoms with Crippen LogP contribution in [-0.2, 0) is 6.42 Å². The zero-order valence-corrected chi connectivity index (χ0v) is 15.2. The lowest BCUT2D eigenvalue weighted by atomic mass is 10.0. The molecule has 25 heavy (non-hydrogen) atoms. The number of hydrogen-bond donors (Lipinski definition) is 1. The van der Waals surface area contributed by atoms with E-state index in [4.69, 9.17) is 0 Å². The number of nitrogens with zero attached hydrogens (tertiary/aromatic N) is 2. The molecule has 0 amide bonds. The van der Waals surface area contributed by atoms with E-state index in [0.29, 0.717) is 6.04 Å². The van der Waals surface area contributed by atoms with Crippen molar-refractivity contribution in [1.29, 1.82) is 0 Å². The van der Waals surface area contributed by atoms with Gasteiger partial charge in [0.25, 0.3) is 0 Å². The normalized spacial score (nSPS) is 19.5. The highest BCUT2D eigenvalue weighted by Crippen LogP contribution is 2.27. The molecule has 2 heterocycles. The molecule has 1 unspecified atom stereocenters. The molecule has 1 aliphatic rings. The van der Waals surface area contributed by atoms with Crippen LogP contribution in [-0.4, -0.2) is 48.0 Å². The zero-order chi connectivity index (χ0) is 17.2. The van der Waals surface area contributed by atoms with Crippen molar-refractivity contribution in [2.75, 3.05) is 33.2 Å². The fraction of sp³-hybridized carbons (Fsp3) is 0.364.